The van der Waals surface area contributed by atoms with Gasteiger partial charge in [0.1, 0.15) is 10.7 Å². The van der Waals surface area contributed by atoms with Crippen LogP contribution in [0.25, 0.3) is 0 Å². The number of hydrogen-bond acceptors (Lipinski definition) is 3. The van der Waals surface area contributed by atoms with Gasteiger partial charge in [0.25, 0.3) is 0 Å². The minimum absolute atomic E-state index is 0.289. The molecule has 0 aliphatic heterocycles. The fraction of sp³-hybridized carbons (Fsp3) is 0.417. The number of thiocarbonyl (C=S) groups is 1. The van der Waals surface area contributed by atoms with Gasteiger partial charge >= 0.3 is 0 Å². The molecule has 16 heavy (non-hydrogen) atoms. The molecule has 0 saturated heterocycles. The van der Waals surface area contributed by atoms with E-state index in [4.69, 9.17) is 27.4 Å². The van der Waals surface area contributed by atoms with Gasteiger partial charge < -0.3 is 15.2 Å². The summed E-state index contributed by atoms with van der Waals surface area (Å²) in [6.45, 7) is 1.09. The van der Waals surface area contributed by atoms with Crippen molar-refractivity contribution in [2.24, 2.45) is 11.7 Å². The van der Waals surface area contributed by atoms with Crippen LogP contribution in [-0.4, -0.2) is 18.4 Å². The second-order valence-corrected chi connectivity index (χ2v) is 4.41. The van der Waals surface area contributed by atoms with E-state index in [0.717, 1.165) is 23.8 Å². The number of nitrogens with two attached hydrogens (primary N) is 1. The first-order chi connectivity index (χ1) is 7.75. The van der Waals surface area contributed by atoms with Gasteiger partial charge in [-0.15, -0.1) is 0 Å². The third kappa shape index (κ3) is 3.47. The summed E-state index contributed by atoms with van der Waals surface area (Å²) in [6.07, 6.45) is 2.58. The van der Waals surface area contributed by atoms with Gasteiger partial charge in [-0.2, -0.15) is 0 Å². The average molecular weight is 237 g/mol. The van der Waals surface area contributed by atoms with Crippen LogP contribution in [0.15, 0.2) is 24.3 Å². The molecule has 1 aliphatic rings. The van der Waals surface area contributed by atoms with Crippen molar-refractivity contribution in [1.82, 2.24) is 0 Å². The molecular weight excluding hydrogens is 222 g/mol. The van der Waals surface area contributed by atoms with Gasteiger partial charge in [-0.05, 0) is 30.9 Å². The first-order valence-electron chi connectivity index (χ1n) is 5.36. The first-order valence-corrected chi connectivity index (χ1v) is 5.77. The molecule has 2 N–H and O–H groups in total. The van der Waals surface area contributed by atoms with Gasteiger partial charge in [0.05, 0.1) is 6.61 Å². The zero-order valence-corrected chi connectivity index (χ0v) is 9.83. The van der Waals surface area contributed by atoms with Crippen molar-refractivity contribution in [2.45, 2.75) is 12.8 Å². The van der Waals surface area contributed by atoms with Crippen LogP contribution in [0.5, 0.6) is 5.75 Å². The first kappa shape index (κ1) is 11.4. The molecule has 1 fully saturated rings. The quantitative estimate of drug-likeness (QED) is 0.467. The van der Waals surface area contributed by atoms with Crippen LogP contribution in [0.4, 0.5) is 0 Å². The number of hydrogen-bond donors (Lipinski definition) is 1. The van der Waals surface area contributed by atoms with Crippen LogP contribution in [-0.2, 0) is 4.74 Å². The van der Waals surface area contributed by atoms with E-state index < -0.39 is 0 Å². The van der Waals surface area contributed by atoms with E-state index in [0.29, 0.717) is 4.99 Å². The Balaban J connectivity index is 1.78. The molecule has 0 radical (unpaired) electrons. The highest BCUT2D eigenvalue weighted by Gasteiger charge is 2.21. The predicted octanol–water partition coefficient (Wildman–Crippen LogP) is 2.08. The molecule has 0 spiro atoms. The Bertz CT molecular complexity index is 377. The van der Waals surface area contributed by atoms with Gasteiger partial charge in [-0.1, -0.05) is 24.4 Å². The smallest absolute Gasteiger partial charge is 0.189 e. The molecule has 1 saturated carbocycles. The van der Waals surface area contributed by atoms with E-state index in [2.05, 4.69) is 0 Å². The Morgan fingerprint density at radius 1 is 1.44 bits per heavy atom. The zero-order valence-electron chi connectivity index (χ0n) is 9.02. The summed E-state index contributed by atoms with van der Waals surface area (Å²) in [6, 6.07) is 7.41. The average Bonchev–Trinajstić information content (AvgIpc) is 3.09. The van der Waals surface area contributed by atoms with E-state index in [1.807, 2.05) is 24.3 Å². The van der Waals surface area contributed by atoms with Crippen LogP contribution in [0.2, 0.25) is 0 Å². The van der Waals surface area contributed by atoms with E-state index in [-0.39, 0.29) is 6.79 Å². The molecule has 4 heteroatoms. The van der Waals surface area contributed by atoms with E-state index in [1.165, 1.54) is 12.8 Å². The minimum Gasteiger partial charge on any atom is -0.468 e. The maximum absolute atomic E-state index is 5.53. The summed E-state index contributed by atoms with van der Waals surface area (Å²) in [4.78, 5) is 0.379. The van der Waals surface area contributed by atoms with E-state index >= 15 is 0 Å². The van der Waals surface area contributed by atoms with Crippen molar-refractivity contribution < 1.29 is 9.47 Å². The Hall–Kier alpha value is -1.13. The van der Waals surface area contributed by atoms with Gasteiger partial charge in [0.15, 0.2) is 6.79 Å². The molecule has 0 aromatic heterocycles. The Morgan fingerprint density at radius 3 is 2.94 bits per heavy atom. The van der Waals surface area contributed by atoms with Crippen LogP contribution in [0.3, 0.4) is 0 Å². The van der Waals surface area contributed by atoms with E-state index in [9.17, 15) is 0 Å². The third-order valence-electron chi connectivity index (χ3n) is 2.48. The number of rotatable bonds is 6. The molecule has 0 bridgehead atoms. The monoisotopic (exact) mass is 237 g/mol. The van der Waals surface area contributed by atoms with Crippen molar-refractivity contribution >= 4 is 17.2 Å². The molecule has 1 aliphatic carbocycles. The molecule has 0 amide bonds. The molecule has 1 aromatic rings. The van der Waals surface area contributed by atoms with Gasteiger partial charge in [0.2, 0.25) is 0 Å². The lowest BCUT2D eigenvalue weighted by molar-refractivity contribution is 0.00998. The summed E-state index contributed by atoms with van der Waals surface area (Å²) >= 11 is 4.89. The summed E-state index contributed by atoms with van der Waals surface area (Å²) in [5.74, 6) is 1.49. The largest absolute Gasteiger partial charge is 0.468 e. The predicted molar refractivity (Wildman–Crippen MR) is 66.5 cm³/mol. The van der Waals surface area contributed by atoms with Crippen molar-refractivity contribution in [3.05, 3.63) is 29.8 Å². The fourth-order valence-corrected chi connectivity index (χ4v) is 1.48. The molecule has 2 rings (SSSR count). The van der Waals surface area contributed by atoms with Crippen molar-refractivity contribution in [1.29, 1.82) is 0 Å². The van der Waals surface area contributed by atoms with Crippen molar-refractivity contribution in [3.8, 4) is 5.75 Å². The summed E-state index contributed by atoms with van der Waals surface area (Å²) < 4.78 is 10.8. The maximum atomic E-state index is 5.53. The van der Waals surface area contributed by atoms with Crippen LogP contribution < -0.4 is 10.5 Å². The fourth-order valence-electron chi connectivity index (χ4n) is 1.35. The van der Waals surface area contributed by atoms with Crippen molar-refractivity contribution in [2.75, 3.05) is 13.4 Å². The van der Waals surface area contributed by atoms with Crippen LogP contribution in [0, 0.1) is 5.92 Å². The highest BCUT2D eigenvalue weighted by Crippen LogP contribution is 2.28. The highest BCUT2D eigenvalue weighted by atomic mass is 32.1. The van der Waals surface area contributed by atoms with Crippen LogP contribution in [0.1, 0.15) is 18.4 Å². The summed E-state index contributed by atoms with van der Waals surface area (Å²) in [5, 5.41) is 0. The lowest BCUT2D eigenvalue weighted by atomic mass is 10.2. The van der Waals surface area contributed by atoms with Gasteiger partial charge in [-0.3, -0.25) is 0 Å². The lowest BCUT2D eigenvalue weighted by Gasteiger charge is -2.07. The normalized spacial score (nSPS) is 14.8. The topological polar surface area (TPSA) is 44.5 Å². The summed E-state index contributed by atoms with van der Waals surface area (Å²) in [5.41, 5.74) is 6.34. The molecule has 0 unspecified atom stereocenters. The maximum Gasteiger partial charge on any atom is 0.189 e. The Labute approximate surface area is 101 Å². The lowest BCUT2D eigenvalue weighted by Crippen LogP contribution is -2.10. The number of ether oxygens (including phenoxy) is 2. The molecule has 3 nitrogen and oxygen atoms in total. The molecule has 0 heterocycles. The second kappa shape index (κ2) is 5.27. The van der Waals surface area contributed by atoms with Gasteiger partial charge in [0, 0.05) is 5.56 Å². The molecule has 1 aromatic carbocycles. The minimum atomic E-state index is 0.289. The standard InChI is InChI=1S/C12H15NO2S/c13-12(16)10-2-1-3-11(6-10)15-8-14-7-9-4-5-9/h1-3,6,9H,4-5,7-8H2,(H2,13,16). The third-order valence-corrected chi connectivity index (χ3v) is 2.71. The van der Waals surface area contributed by atoms with Gasteiger partial charge in [-0.25, -0.2) is 0 Å². The molecule has 86 valence electrons. The highest BCUT2D eigenvalue weighted by molar-refractivity contribution is 7.80. The zero-order chi connectivity index (χ0) is 11.4. The Kier molecular flexibility index (Phi) is 3.74. The van der Waals surface area contributed by atoms with Crippen molar-refractivity contribution in [3.63, 3.8) is 0 Å². The molecular formula is C12H15NO2S. The number of benzene rings is 1. The summed E-state index contributed by atoms with van der Waals surface area (Å²) in [7, 11) is 0. The Morgan fingerprint density at radius 2 is 2.25 bits per heavy atom. The van der Waals surface area contributed by atoms with E-state index in [1.54, 1.807) is 0 Å². The molecule has 0 atom stereocenters. The second-order valence-electron chi connectivity index (χ2n) is 3.97. The van der Waals surface area contributed by atoms with Crippen LogP contribution >= 0.6 is 12.2 Å². The SMILES string of the molecule is NC(=S)c1cccc(OCOCC2CC2)c1.